The fourth-order valence-corrected chi connectivity index (χ4v) is 5.87. The molecule has 0 radical (unpaired) electrons. The number of piperazine rings is 1. The molecule has 1 aromatic heterocycles. The number of halogens is 1. The molecule has 40 heavy (non-hydrogen) atoms. The maximum Gasteiger partial charge on any atom is 0.410 e. The quantitative estimate of drug-likeness (QED) is 0.524. The van der Waals surface area contributed by atoms with E-state index in [9.17, 15) is 9.59 Å². The van der Waals surface area contributed by atoms with Gasteiger partial charge in [0.1, 0.15) is 5.60 Å². The van der Waals surface area contributed by atoms with Gasteiger partial charge in [0.05, 0.1) is 30.4 Å². The van der Waals surface area contributed by atoms with E-state index in [0.717, 1.165) is 28.0 Å². The monoisotopic (exact) mass is 567 g/mol. The summed E-state index contributed by atoms with van der Waals surface area (Å²) >= 11 is 6.59. The van der Waals surface area contributed by atoms with Crippen molar-refractivity contribution in [1.82, 2.24) is 24.7 Å². The molecule has 1 aliphatic heterocycles. The summed E-state index contributed by atoms with van der Waals surface area (Å²) in [5.74, 6) is -0.138. The van der Waals surface area contributed by atoms with E-state index in [4.69, 9.17) is 21.1 Å². The average Bonchev–Trinajstić information content (AvgIpc) is 3.65. The fourth-order valence-electron chi connectivity index (χ4n) is 5.70. The minimum Gasteiger partial charge on any atom is -0.447 e. The normalized spacial score (nSPS) is 21.4. The van der Waals surface area contributed by atoms with Crippen molar-refractivity contribution < 1.29 is 19.1 Å². The molecule has 10 heteroatoms. The van der Waals surface area contributed by atoms with Crippen molar-refractivity contribution in [3.63, 3.8) is 0 Å². The molecule has 0 spiro atoms. The summed E-state index contributed by atoms with van der Waals surface area (Å²) in [5.41, 5.74) is 4.00. The van der Waals surface area contributed by atoms with Gasteiger partial charge in [0, 0.05) is 51.4 Å². The van der Waals surface area contributed by atoms with E-state index in [0.29, 0.717) is 50.5 Å². The van der Waals surface area contributed by atoms with Crippen LogP contribution in [0.15, 0.2) is 49.0 Å². The molecule has 1 N–H and O–H groups in total. The lowest BCUT2D eigenvalue weighted by atomic mass is 9.90. The first-order valence-corrected chi connectivity index (χ1v) is 14.2. The third-order valence-electron chi connectivity index (χ3n) is 8.10. The number of nitrogens with zero attached hydrogens (tertiary/aromatic N) is 4. The molecule has 1 aromatic carbocycles. The van der Waals surface area contributed by atoms with Crippen molar-refractivity contribution in [2.24, 2.45) is 7.05 Å². The van der Waals surface area contributed by atoms with Crippen molar-refractivity contribution in [3.05, 3.63) is 70.8 Å². The van der Waals surface area contributed by atoms with Crippen molar-refractivity contribution >= 4 is 29.2 Å². The molecule has 9 nitrogen and oxygen atoms in total. The summed E-state index contributed by atoms with van der Waals surface area (Å²) in [4.78, 5) is 34.4. The summed E-state index contributed by atoms with van der Waals surface area (Å²) in [6.45, 7) is 10.7. The third-order valence-corrected chi connectivity index (χ3v) is 8.33. The zero-order valence-electron chi connectivity index (χ0n) is 23.7. The fraction of sp³-hybridized carbons (Fsp3) is 0.500. The number of hydrogen-bond acceptors (Lipinski definition) is 6. The summed E-state index contributed by atoms with van der Waals surface area (Å²) in [6.07, 6.45) is 7.27. The van der Waals surface area contributed by atoms with Gasteiger partial charge in [-0.15, -0.1) is 0 Å². The van der Waals surface area contributed by atoms with Crippen LogP contribution < -0.4 is 5.32 Å². The Morgan fingerprint density at radius 2 is 1.93 bits per heavy atom. The van der Waals surface area contributed by atoms with Gasteiger partial charge in [-0.2, -0.15) is 0 Å². The Kier molecular flexibility index (Phi) is 8.08. The largest absolute Gasteiger partial charge is 0.447 e. The lowest BCUT2D eigenvalue weighted by Crippen LogP contribution is -2.50. The predicted molar refractivity (Wildman–Crippen MR) is 154 cm³/mol. The highest BCUT2D eigenvalue weighted by Crippen LogP contribution is 2.45. The SMILES string of the molecule is C=C1C=C(C(NC(=O)C2(OC)CC2)c2cncn2C)c2cc(Cl)ccc2C(N2CCN(C(=O)OC(C)C)CC2)C1. The number of carbonyl (C=O) groups excluding carboxylic acids is 2. The number of carbonyl (C=O) groups is 2. The van der Waals surface area contributed by atoms with Gasteiger partial charge in [-0.25, -0.2) is 9.78 Å². The highest BCUT2D eigenvalue weighted by atomic mass is 35.5. The molecule has 1 saturated heterocycles. The van der Waals surface area contributed by atoms with Gasteiger partial charge in [0.15, 0.2) is 0 Å². The number of imidazole rings is 1. The van der Waals surface area contributed by atoms with E-state index in [-0.39, 0.29) is 24.1 Å². The first-order chi connectivity index (χ1) is 19.1. The minimum absolute atomic E-state index is 0.0356. The van der Waals surface area contributed by atoms with Crippen molar-refractivity contribution in [1.29, 1.82) is 0 Å². The van der Waals surface area contributed by atoms with Gasteiger partial charge in [-0.3, -0.25) is 9.69 Å². The topological polar surface area (TPSA) is 88.9 Å². The lowest BCUT2D eigenvalue weighted by Gasteiger charge is -2.39. The van der Waals surface area contributed by atoms with E-state index < -0.39 is 11.6 Å². The zero-order chi connectivity index (χ0) is 28.6. The number of amides is 2. The molecule has 2 unspecified atom stereocenters. The number of nitrogens with one attached hydrogen (secondary N) is 1. The summed E-state index contributed by atoms with van der Waals surface area (Å²) in [6, 6.07) is 5.52. The number of fused-ring (bicyclic) bond motifs is 1. The van der Waals surface area contributed by atoms with Crippen LogP contribution in [0.4, 0.5) is 4.79 Å². The van der Waals surface area contributed by atoms with E-state index in [2.05, 4.69) is 33.9 Å². The molecule has 2 atom stereocenters. The Hall–Kier alpha value is -3.14. The lowest BCUT2D eigenvalue weighted by molar-refractivity contribution is -0.134. The smallest absolute Gasteiger partial charge is 0.410 e. The van der Waals surface area contributed by atoms with Crippen LogP contribution in [0, 0.1) is 0 Å². The number of aromatic nitrogens is 2. The molecule has 0 bridgehead atoms. The van der Waals surface area contributed by atoms with Gasteiger partial charge < -0.3 is 24.3 Å². The predicted octanol–water partition coefficient (Wildman–Crippen LogP) is 4.66. The molecule has 214 valence electrons. The van der Waals surface area contributed by atoms with Crippen molar-refractivity contribution in [3.8, 4) is 0 Å². The minimum atomic E-state index is -0.783. The average molecular weight is 568 g/mol. The van der Waals surface area contributed by atoms with Gasteiger partial charge in [0.2, 0.25) is 0 Å². The molecule has 5 rings (SSSR count). The number of benzene rings is 1. The van der Waals surface area contributed by atoms with Crippen molar-refractivity contribution in [2.75, 3.05) is 33.3 Å². The van der Waals surface area contributed by atoms with Crippen molar-refractivity contribution in [2.45, 2.75) is 56.9 Å². The van der Waals surface area contributed by atoms with E-state index >= 15 is 0 Å². The molecule has 2 fully saturated rings. The second-order valence-electron chi connectivity index (χ2n) is 11.2. The van der Waals surface area contributed by atoms with Crippen LogP contribution in [0.5, 0.6) is 0 Å². The molecule has 2 amide bonds. The number of methoxy groups -OCH3 is 1. The summed E-state index contributed by atoms with van der Waals surface area (Å²) in [5, 5.41) is 3.89. The van der Waals surface area contributed by atoms with Gasteiger partial charge >= 0.3 is 6.09 Å². The maximum atomic E-state index is 13.4. The Balaban J connectivity index is 1.48. The third kappa shape index (κ3) is 5.68. The number of rotatable bonds is 7. The first-order valence-electron chi connectivity index (χ1n) is 13.8. The van der Waals surface area contributed by atoms with Crippen LogP contribution in [-0.4, -0.2) is 76.3 Å². The van der Waals surface area contributed by atoms with Crippen LogP contribution in [0.1, 0.15) is 62.0 Å². The molecule has 2 heterocycles. The van der Waals surface area contributed by atoms with Crippen LogP contribution in [-0.2, 0) is 21.3 Å². The zero-order valence-corrected chi connectivity index (χ0v) is 24.4. The molecule has 1 saturated carbocycles. The highest BCUT2D eigenvalue weighted by molar-refractivity contribution is 6.30. The van der Waals surface area contributed by atoms with Gasteiger partial charge in [0.25, 0.3) is 5.91 Å². The second-order valence-corrected chi connectivity index (χ2v) is 11.6. The van der Waals surface area contributed by atoms with E-state index in [1.165, 1.54) is 0 Å². The summed E-state index contributed by atoms with van der Waals surface area (Å²) in [7, 11) is 3.50. The Morgan fingerprint density at radius 1 is 1.20 bits per heavy atom. The van der Waals surface area contributed by atoms with Gasteiger partial charge in [-0.1, -0.05) is 35.9 Å². The maximum absolute atomic E-state index is 13.4. The molecule has 3 aliphatic rings. The molecule has 2 aliphatic carbocycles. The molecular formula is C30H38ClN5O4. The Morgan fingerprint density at radius 3 is 2.52 bits per heavy atom. The Labute approximate surface area is 240 Å². The van der Waals surface area contributed by atoms with E-state index in [1.807, 2.05) is 37.6 Å². The molecular weight excluding hydrogens is 530 g/mol. The van der Waals surface area contributed by atoms with Crippen LogP contribution in [0.3, 0.4) is 0 Å². The second kappa shape index (κ2) is 11.4. The number of aryl methyl sites for hydroxylation is 1. The standard InChI is InChI=1S/C30H38ClN5O4/c1-19(2)40-29(38)36-12-10-35(11-13-36)25-15-20(3)14-24(23-16-21(31)6-7-22(23)25)27(26-17-32-18-34(26)4)33-28(37)30(39-5)8-9-30/h6-7,14,16-19,25,27H,3,8-13,15H2,1-2,4-5H3,(H,33,37). The number of ether oxygens (including phenoxy) is 2. The van der Waals surface area contributed by atoms with E-state index in [1.54, 1.807) is 24.5 Å². The van der Waals surface area contributed by atoms with Crippen LogP contribution in [0.25, 0.3) is 5.57 Å². The summed E-state index contributed by atoms with van der Waals surface area (Å²) < 4.78 is 12.9. The first kappa shape index (κ1) is 28.4. The number of allylic oxidation sites excluding steroid dienone is 1. The van der Waals surface area contributed by atoms with Crippen LogP contribution in [0.2, 0.25) is 5.02 Å². The Bertz CT molecular complexity index is 1320. The van der Waals surface area contributed by atoms with Crippen LogP contribution >= 0.6 is 11.6 Å². The number of hydrogen-bond donors (Lipinski definition) is 1. The highest BCUT2D eigenvalue weighted by Gasteiger charge is 2.51. The molecule has 2 aromatic rings. The van der Waals surface area contributed by atoms with Gasteiger partial charge in [-0.05, 0) is 61.9 Å².